The molecule has 0 fully saturated rings. The van der Waals surface area contributed by atoms with E-state index >= 15 is 0 Å². The smallest absolute Gasteiger partial charge is 0.329 e. The molecule has 0 aromatic heterocycles. The topological polar surface area (TPSA) is 116 Å². The highest BCUT2D eigenvalue weighted by Crippen LogP contribution is 2.36. The lowest BCUT2D eigenvalue weighted by Gasteiger charge is -2.33. The molecular weight excluding hydrogens is 428 g/mol. The van der Waals surface area contributed by atoms with Crippen LogP contribution in [-0.2, 0) is 33.4 Å². The summed E-state index contributed by atoms with van der Waals surface area (Å²) in [5.41, 5.74) is -2.02. The minimum Gasteiger partial charge on any atom is -0.480 e. The Bertz CT molecular complexity index is 622. The molecule has 2 atom stereocenters. The van der Waals surface area contributed by atoms with Crippen LogP contribution >= 0.6 is 0 Å². The average molecular weight is 473 g/mol. The number of carbonyl (C=O) groups is 4. The third kappa shape index (κ3) is 14.0. The second-order valence-electron chi connectivity index (χ2n) is 9.66. The molecule has 0 aliphatic rings. The summed E-state index contributed by atoms with van der Waals surface area (Å²) >= 11 is 0. The second-order valence-corrected chi connectivity index (χ2v) is 9.66. The first-order valence-corrected chi connectivity index (χ1v) is 12.0. The summed E-state index contributed by atoms with van der Waals surface area (Å²) in [5, 5.41) is 8.66. The standard InChI is InChI=1S/C25H44O8/c1-7-8-9-13-21(32-20(3)27)14-12-16-25(19(2)26,23(30)33-24(4,5)6)15-10-11-17-31-18-22(28)29/h21H,7-18H2,1-6H3,(H,28,29). The van der Waals surface area contributed by atoms with Gasteiger partial charge in [-0.15, -0.1) is 0 Å². The number of unbranched alkanes of at least 4 members (excludes halogenated alkanes) is 3. The molecule has 0 aliphatic heterocycles. The van der Waals surface area contributed by atoms with Crippen molar-refractivity contribution in [1.29, 1.82) is 0 Å². The summed E-state index contributed by atoms with van der Waals surface area (Å²) in [6, 6.07) is 0. The van der Waals surface area contributed by atoms with Gasteiger partial charge >= 0.3 is 17.9 Å². The number of carboxylic acids is 1. The Kier molecular flexibility index (Phi) is 14.9. The van der Waals surface area contributed by atoms with Crippen molar-refractivity contribution in [2.75, 3.05) is 13.2 Å². The summed E-state index contributed by atoms with van der Waals surface area (Å²) in [6.07, 6.45) is 6.35. The number of Topliss-reactive ketones (excluding diaryl/α,β-unsaturated/α-hetero) is 1. The number of hydrogen-bond acceptors (Lipinski definition) is 7. The molecule has 0 spiro atoms. The summed E-state index contributed by atoms with van der Waals surface area (Å²) in [5.74, 6) is -2.16. The molecule has 0 saturated heterocycles. The van der Waals surface area contributed by atoms with Crippen LogP contribution in [-0.4, -0.2) is 53.7 Å². The average Bonchev–Trinajstić information content (AvgIpc) is 2.66. The number of carbonyl (C=O) groups excluding carboxylic acids is 3. The van der Waals surface area contributed by atoms with Crippen LogP contribution in [0.25, 0.3) is 0 Å². The highest BCUT2D eigenvalue weighted by atomic mass is 16.6. The molecule has 0 aliphatic carbocycles. The summed E-state index contributed by atoms with van der Waals surface area (Å²) in [7, 11) is 0. The van der Waals surface area contributed by atoms with Crippen molar-refractivity contribution in [2.45, 2.75) is 117 Å². The van der Waals surface area contributed by atoms with Crippen LogP contribution in [0, 0.1) is 5.41 Å². The number of hydrogen-bond donors (Lipinski definition) is 1. The normalized spacial score (nSPS) is 14.2. The van der Waals surface area contributed by atoms with Crippen LogP contribution in [0.3, 0.4) is 0 Å². The van der Waals surface area contributed by atoms with Gasteiger partial charge in [0.2, 0.25) is 0 Å². The first-order valence-electron chi connectivity index (χ1n) is 12.0. The zero-order chi connectivity index (χ0) is 25.5. The van der Waals surface area contributed by atoms with Gasteiger partial charge in [0.1, 0.15) is 29.5 Å². The van der Waals surface area contributed by atoms with Gasteiger partial charge in [-0.3, -0.25) is 14.4 Å². The maximum absolute atomic E-state index is 13.2. The molecule has 0 bridgehead atoms. The van der Waals surface area contributed by atoms with Crippen molar-refractivity contribution < 1.29 is 38.5 Å². The highest BCUT2D eigenvalue weighted by Gasteiger charge is 2.45. The van der Waals surface area contributed by atoms with Crippen LogP contribution in [0.4, 0.5) is 0 Å². The second kappa shape index (κ2) is 15.8. The predicted molar refractivity (Wildman–Crippen MR) is 125 cm³/mol. The van der Waals surface area contributed by atoms with E-state index in [-0.39, 0.29) is 31.1 Å². The largest absolute Gasteiger partial charge is 0.480 e. The Labute approximate surface area is 198 Å². The monoisotopic (exact) mass is 472 g/mol. The zero-order valence-electron chi connectivity index (χ0n) is 21.4. The molecule has 0 radical (unpaired) electrons. The van der Waals surface area contributed by atoms with Gasteiger partial charge in [0, 0.05) is 13.5 Å². The number of aliphatic carboxylic acids is 1. The zero-order valence-corrected chi connectivity index (χ0v) is 21.4. The Morgan fingerprint density at radius 2 is 1.48 bits per heavy atom. The summed E-state index contributed by atoms with van der Waals surface area (Å²) in [6.45, 7) is 10.1. The molecule has 0 heterocycles. The summed E-state index contributed by atoms with van der Waals surface area (Å²) in [4.78, 5) is 48.0. The van der Waals surface area contributed by atoms with Gasteiger partial charge in [-0.25, -0.2) is 4.79 Å². The molecule has 8 nitrogen and oxygen atoms in total. The Morgan fingerprint density at radius 3 is 2.00 bits per heavy atom. The lowest BCUT2D eigenvalue weighted by Crippen LogP contribution is -2.43. The van der Waals surface area contributed by atoms with Gasteiger partial charge in [0.25, 0.3) is 0 Å². The van der Waals surface area contributed by atoms with E-state index in [1.54, 1.807) is 20.8 Å². The van der Waals surface area contributed by atoms with E-state index in [1.807, 2.05) is 0 Å². The van der Waals surface area contributed by atoms with E-state index in [0.717, 1.165) is 25.7 Å². The molecule has 0 aromatic rings. The fraction of sp³-hybridized carbons (Fsp3) is 0.840. The summed E-state index contributed by atoms with van der Waals surface area (Å²) < 4.78 is 16.1. The van der Waals surface area contributed by atoms with Gasteiger partial charge in [0.05, 0.1) is 0 Å². The lowest BCUT2D eigenvalue weighted by molar-refractivity contribution is -0.171. The van der Waals surface area contributed by atoms with Crippen LogP contribution in [0.1, 0.15) is 106 Å². The van der Waals surface area contributed by atoms with Crippen molar-refractivity contribution in [2.24, 2.45) is 5.41 Å². The van der Waals surface area contributed by atoms with E-state index in [2.05, 4.69) is 6.92 Å². The number of ketones is 1. The van der Waals surface area contributed by atoms with Gasteiger partial charge in [-0.05, 0) is 79.1 Å². The first-order chi connectivity index (χ1) is 15.3. The predicted octanol–water partition coefficient (Wildman–Crippen LogP) is 4.86. The maximum Gasteiger partial charge on any atom is 0.329 e. The quantitative estimate of drug-likeness (QED) is 0.171. The van der Waals surface area contributed by atoms with Crippen molar-refractivity contribution in [3.8, 4) is 0 Å². The van der Waals surface area contributed by atoms with Crippen molar-refractivity contribution in [3.05, 3.63) is 0 Å². The van der Waals surface area contributed by atoms with Gasteiger partial charge in [-0.1, -0.05) is 19.8 Å². The third-order valence-electron chi connectivity index (χ3n) is 5.42. The van der Waals surface area contributed by atoms with Gasteiger partial charge in [0.15, 0.2) is 0 Å². The van der Waals surface area contributed by atoms with Crippen LogP contribution in [0.15, 0.2) is 0 Å². The van der Waals surface area contributed by atoms with Crippen LogP contribution in [0.5, 0.6) is 0 Å². The van der Waals surface area contributed by atoms with Gasteiger partial charge in [-0.2, -0.15) is 0 Å². The van der Waals surface area contributed by atoms with E-state index in [4.69, 9.17) is 19.3 Å². The minimum absolute atomic E-state index is 0.234. The molecule has 8 heteroatoms. The number of ether oxygens (including phenoxy) is 3. The van der Waals surface area contributed by atoms with Gasteiger partial charge < -0.3 is 19.3 Å². The number of rotatable bonds is 18. The van der Waals surface area contributed by atoms with Crippen molar-refractivity contribution in [3.63, 3.8) is 0 Å². The maximum atomic E-state index is 13.2. The molecule has 33 heavy (non-hydrogen) atoms. The molecule has 0 saturated carbocycles. The van der Waals surface area contributed by atoms with Crippen LogP contribution in [0.2, 0.25) is 0 Å². The van der Waals surface area contributed by atoms with Crippen molar-refractivity contribution >= 4 is 23.7 Å². The Morgan fingerprint density at radius 1 is 0.879 bits per heavy atom. The molecule has 1 N–H and O–H groups in total. The molecule has 0 amide bonds. The molecule has 2 unspecified atom stereocenters. The van der Waals surface area contributed by atoms with Crippen LogP contribution < -0.4 is 0 Å². The molecule has 0 rings (SSSR count). The number of carboxylic acid groups (broad SMARTS) is 1. The third-order valence-corrected chi connectivity index (χ3v) is 5.42. The fourth-order valence-electron chi connectivity index (χ4n) is 3.74. The van der Waals surface area contributed by atoms with Crippen molar-refractivity contribution in [1.82, 2.24) is 0 Å². The Hall–Kier alpha value is -1.96. The van der Waals surface area contributed by atoms with E-state index in [9.17, 15) is 19.2 Å². The van der Waals surface area contributed by atoms with E-state index in [0.29, 0.717) is 38.5 Å². The Balaban J connectivity index is 5.27. The SMILES string of the molecule is CCCCCC(CCCC(CCCCOCC(=O)O)(C(C)=O)C(=O)OC(C)(C)C)OC(C)=O. The van der Waals surface area contributed by atoms with E-state index < -0.39 is 23.0 Å². The molecule has 0 aromatic carbocycles. The fourth-order valence-corrected chi connectivity index (χ4v) is 3.74. The minimum atomic E-state index is -1.29. The lowest BCUT2D eigenvalue weighted by atomic mass is 9.74. The molecular formula is C25H44O8. The first kappa shape index (κ1) is 31.0. The highest BCUT2D eigenvalue weighted by molar-refractivity contribution is 6.02. The number of esters is 2. The van der Waals surface area contributed by atoms with E-state index in [1.165, 1.54) is 13.8 Å². The molecule has 192 valence electrons.